The van der Waals surface area contributed by atoms with Gasteiger partial charge in [-0.05, 0) is 29.8 Å². The molecule has 172 valence electrons. The minimum absolute atomic E-state index is 0.0647. The van der Waals surface area contributed by atoms with Gasteiger partial charge in [-0.25, -0.2) is 4.79 Å². The van der Waals surface area contributed by atoms with Gasteiger partial charge in [-0.2, -0.15) is 9.97 Å². The molecule has 0 unspecified atom stereocenters. The molecule has 4 aromatic rings. The average Bonchev–Trinajstić information content (AvgIpc) is 2.88. The van der Waals surface area contributed by atoms with Gasteiger partial charge in [0.2, 0.25) is 11.8 Å². The van der Waals surface area contributed by atoms with Gasteiger partial charge in [-0.3, -0.25) is 0 Å². The molecule has 34 heavy (non-hydrogen) atoms. The second kappa shape index (κ2) is 10.8. The standard InChI is InChI=1S/C26H22N2O6/c1-30-22-16-23(31-2)28-26(27-22)34-21-15-9-14-20(33-19-12-7-4-8-13-19)24(21)25(29)32-17-18-10-5-3-6-11-18/h3-16H,17H2,1-2H3. The zero-order valence-corrected chi connectivity index (χ0v) is 18.6. The number of benzene rings is 3. The molecule has 0 fully saturated rings. The third-order valence-electron chi connectivity index (χ3n) is 4.65. The monoisotopic (exact) mass is 458 g/mol. The molecule has 0 aliphatic heterocycles. The van der Waals surface area contributed by atoms with E-state index in [4.69, 9.17) is 23.7 Å². The van der Waals surface area contributed by atoms with Gasteiger partial charge >= 0.3 is 12.0 Å². The average molecular weight is 458 g/mol. The maximum Gasteiger partial charge on any atom is 0.346 e. The topological polar surface area (TPSA) is 89.0 Å². The Balaban J connectivity index is 1.69. The zero-order valence-electron chi connectivity index (χ0n) is 18.6. The van der Waals surface area contributed by atoms with E-state index in [1.54, 1.807) is 30.3 Å². The lowest BCUT2D eigenvalue weighted by molar-refractivity contribution is 0.0466. The summed E-state index contributed by atoms with van der Waals surface area (Å²) in [6, 6.07) is 24.9. The van der Waals surface area contributed by atoms with E-state index in [0.29, 0.717) is 5.75 Å². The van der Waals surface area contributed by atoms with Crippen molar-refractivity contribution in [2.45, 2.75) is 6.61 Å². The summed E-state index contributed by atoms with van der Waals surface area (Å²) in [6.07, 6.45) is 0. The molecule has 0 saturated heterocycles. The Kier molecular flexibility index (Phi) is 7.19. The normalized spacial score (nSPS) is 10.3. The van der Waals surface area contributed by atoms with E-state index < -0.39 is 5.97 Å². The van der Waals surface area contributed by atoms with Gasteiger partial charge < -0.3 is 23.7 Å². The number of esters is 1. The summed E-state index contributed by atoms with van der Waals surface area (Å²) in [5.74, 6) is 0.827. The number of ether oxygens (including phenoxy) is 5. The van der Waals surface area contributed by atoms with Crippen molar-refractivity contribution in [3.05, 3.63) is 96.1 Å². The van der Waals surface area contributed by atoms with E-state index in [9.17, 15) is 4.79 Å². The van der Waals surface area contributed by atoms with E-state index in [2.05, 4.69) is 9.97 Å². The summed E-state index contributed by atoms with van der Waals surface area (Å²) in [5.41, 5.74) is 0.938. The minimum atomic E-state index is -0.625. The maximum absolute atomic E-state index is 13.2. The summed E-state index contributed by atoms with van der Waals surface area (Å²) >= 11 is 0. The minimum Gasteiger partial charge on any atom is -0.481 e. The van der Waals surface area contributed by atoms with Gasteiger partial charge in [-0.15, -0.1) is 0 Å². The predicted octanol–water partition coefficient (Wildman–Crippen LogP) is 5.44. The molecule has 0 aliphatic carbocycles. The maximum atomic E-state index is 13.2. The van der Waals surface area contributed by atoms with Crippen molar-refractivity contribution in [2.24, 2.45) is 0 Å². The summed E-state index contributed by atoms with van der Waals surface area (Å²) in [6.45, 7) is 0.0856. The molecule has 0 aliphatic rings. The number of carbonyl (C=O) groups excluding carboxylic acids is 1. The fraction of sp³-hybridized carbons (Fsp3) is 0.115. The number of hydrogen-bond acceptors (Lipinski definition) is 8. The van der Waals surface area contributed by atoms with Crippen molar-refractivity contribution in [3.8, 4) is 35.0 Å². The van der Waals surface area contributed by atoms with Gasteiger partial charge in [-0.1, -0.05) is 54.6 Å². The summed E-state index contributed by atoms with van der Waals surface area (Å²) in [4.78, 5) is 21.6. The van der Waals surface area contributed by atoms with Crippen molar-refractivity contribution >= 4 is 5.97 Å². The molecular weight excluding hydrogens is 436 g/mol. The van der Waals surface area contributed by atoms with Gasteiger partial charge in [0.15, 0.2) is 0 Å². The molecule has 8 heteroatoms. The van der Waals surface area contributed by atoms with Gasteiger partial charge in [0, 0.05) is 0 Å². The van der Waals surface area contributed by atoms with Crippen LogP contribution >= 0.6 is 0 Å². The largest absolute Gasteiger partial charge is 0.481 e. The van der Waals surface area contributed by atoms with Crippen LogP contribution in [0.3, 0.4) is 0 Å². The lowest BCUT2D eigenvalue weighted by Gasteiger charge is -2.15. The van der Waals surface area contributed by atoms with Gasteiger partial charge in [0.1, 0.15) is 29.4 Å². The Morgan fingerprint density at radius 1 is 0.735 bits per heavy atom. The molecule has 8 nitrogen and oxygen atoms in total. The Hall–Kier alpha value is -4.59. The first-order valence-electron chi connectivity index (χ1n) is 10.4. The van der Waals surface area contributed by atoms with Gasteiger partial charge in [0.05, 0.1) is 20.3 Å². The molecule has 0 bridgehead atoms. The van der Waals surface area contributed by atoms with Crippen molar-refractivity contribution in [2.75, 3.05) is 14.2 Å². The summed E-state index contributed by atoms with van der Waals surface area (Å²) < 4.78 is 27.8. The highest BCUT2D eigenvalue weighted by molar-refractivity contribution is 5.96. The van der Waals surface area contributed by atoms with Crippen LogP contribution in [0.5, 0.6) is 35.0 Å². The van der Waals surface area contributed by atoms with Crippen molar-refractivity contribution in [1.29, 1.82) is 0 Å². The van der Waals surface area contributed by atoms with Crippen molar-refractivity contribution in [3.63, 3.8) is 0 Å². The Labute approximate surface area is 196 Å². The van der Waals surface area contributed by atoms with Crippen LogP contribution in [-0.4, -0.2) is 30.2 Å². The van der Waals surface area contributed by atoms with E-state index in [0.717, 1.165) is 5.56 Å². The molecule has 0 atom stereocenters. The van der Waals surface area contributed by atoms with Crippen LogP contribution in [0.15, 0.2) is 84.9 Å². The first kappa shape index (κ1) is 22.6. The molecule has 0 N–H and O–H groups in total. The number of para-hydroxylation sites is 1. The predicted molar refractivity (Wildman–Crippen MR) is 124 cm³/mol. The first-order valence-corrected chi connectivity index (χ1v) is 10.4. The molecule has 1 aromatic heterocycles. The zero-order chi connectivity index (χ0) is 23.8. The Morgan fingerprint density at radius 2 is 1.32 bits per heavy atom. The molecule has 0 amide bonds. The molecule has 1 heterocycles. The number of rotatable bonds is 9. The van der Waals surface area contributed by atoms with Crippen LogP contribution in [-0.2, 0) is 11.3 Å². The number of methoxy groups -OCH3 is 2. The van der Waals surface area contributed by atoms with E-state index >= 15 is 0 Å². The smallest absolute Gasteiger partial charge is 0.346 e. The SMILES string of the molecule is COc1cc(OC)nc(Oc2cccc(Oc3ccccc3)c2C(=O)OCc2ccccc2)n1. The summed E-state index contributed by atoms with van der Waals surface area (Å²) in [5, 5.41) is 0. The first-order chi connectivity index (χ1) is 16.7. The second-order valence-electron chi connectivity index (χ2n) is 6.94. The van der Waals surface area contributed by atoms with E-state index in [1.807, 2.05) is 48.5 Å². The Bertz CT molecular complexity index is 1230. The molecular formula is C26H22N2O6. The van der Waals surface area contributed by atoms with Crippen molar-refractivity contribution in [1.82, 2.24) is 9.97 Å². The third kappa shape index (κ3) is 5.60. The van der Waals surface area contributed by atoms with Crippen molar-refractivity contribution < 1.29 is 28.5 Å². The third-order valence-corrected chi connectivity index (χ3v) is 4.65. The van der Waals surface area contributed by atoms with Crippen LogP contribution in [0.1, 0.15) is 15.9 Å². The van der Waals surface area contributed by atoms with Crippen LogP contribution in [0.4, 0.5) is 0 Å². The number of nitrogens with zero attached hydrogens (tertiary/aromatic N) is 2. The molecule has 4 rings (SSSR count). The number of aromatic nitrogens is 2. The van der Waals surface area contributed by atoms with Crippen LogP contribution in [0.25, 0.3) is 0 Å². The molecule has 3 aromatic carbocycles. The highest BCUT2D eigenvalue weighted by atomic mass is 16.5. The Morgan fingerprint density at radius 3 is 1.94 bits per heavy atom. The lowest BCUT2D eigenvalue weighted by atomic mass is 10.1. The van der Waals surface area contributed by atoms with Crippen LogP contribution < -0.4 is 18.9 Å². The van der Waals surface area contributed by atoms with E-state index in [-0.39, 0.29) is 41.4 Å². The number of hydrogen-bond donors (Lipinski definition) is 0. The highest BCUT2D eigenvalue weighted by Gasteiger charge is 2.23. The highest BCUT2D eigenvalue weighted by Crippen LogP contribution is 2.35. The van der Waals surface area contributed by atoms with E-state index in [1.165, 1.54) is 20.3 Å². The number of carbonyl (C=O) groups is 1. The fourth-order valence-corrected chi connectivity index (χ4v) is 3.03. The van der Waals surface area contributed by atoms with Crippen LogP contribution in [0.2, 0.25) is 0 Å². The molecule has 0 saturated carbocycles. The van der Waals surface area contributed by atoms with Crippen LogP contribution in [0, 0.1) is 0 Å². The molecule has 0 spiro atoms. The molecule has 0 radical (unpaired) electrons. The van der Waals surface area contributed by atoms with Gasteiger partial charge in [0.25, 0.3) is 0 Å². The quantitative estimate of drug-likeness (QED) is 0.307. The fourth-order valence-electron chi connectivity index (χ4n) is 3.03. The second-order valence-corrected chi connectivity index (χ2v) is 6.94. The lowest BCUT2D eigenvalue weighted by Crippen LogP contribution is -2.09. The summed E-state index contributed by atoms with van der Waals surface area (Å²) in [7, 11) is 2.93.